The Morgan fingerprint density at radius 3 is 2.96 bits per heavy atom. The van der Waals surface area contributed by atoms with Crippen molar-refractivity contribution in [1.29, 1.82) is 0 Å². The maximum Gasteiger partial charge on any atom is 0.358 e. The summed E-state index contributed by atoms with van der Waals surface area (Å²) in [5, 5.41) is 2.32. The predicted octanol–water partition coefficient (Wildman–Crippen LogP) is 4.22. The fraction of sp³-hybridized carbons (Fsp3) is 0.333. The van der Waals surface area contributed by atoms with Gasteiger partial charge in [0.25, 0.3) is 0 Å². The maximum atomic E-state index is 13.6. The third-order valence-corrected chi connectivity index (χ3v) is 4.25. The molecule has 0 spiro atoms. The molecule has 3 nitrogen and oxygen atoms in total. The van der Waals surface area contributed by atoms with Gasteiger partial charge in [-0.1, -0.05) is 25.1 Å². The lowest BCUT2D eigenvalue weighted by Gasteiger charge is -2.13. The van der Waals surface area contributed by atoms with Crippen LogP contribution in [-0.2, 0) is 11.2 Å². The zero-order valence-corrected chi connectivity index (χ0v) is 13.7. The van der Waals surface area contributed by atoms with Gasteiger partial charge >= 0.3 is 5.97 Å². The highest BCUT2D eigenvalue weighted by atomic mass is 32.1. The van der Waals surface area contributed by atoms with Crippen LogP contribution in [0.15, 0.2) is 29.6 Å². The van der Waals surface area contributed by atoms with Gasteiger partial charge in [-0.15, -0.1) is 23.7 Å². The highest BCUT2D eigenvalue weighted by Gasteiger charge is 2.17. The molecule has 0 saturated carbocycles. The lowest BCUT2D eigenvalue weighted by Crippen LogP contribution is -2.17. The Labute approximate surface area is 139 Å². The maximum absolute atomic E-state index is 13.6. The van der Waals surface area contributed by atoms with Crippen molar-refractivity contribution in [1.82, 2.24) is 4.98 Å². The van der Waals surface area contributed by atoms with Crippen LogP contribution in [-0.4, -0.2) is 17.1 Å². The number of hydrogen-bond acceptors (Lipinski definition) is 4. The minimum Gasteiger partial charge on any atom is -0.458 e. The summed E-state index contributed by atoms with van der Waals surface area (Å²) in [6.45, 7) is 1.94. The molecular weight excluding hydrogens is 313 g/mol. The van der Waals surface area contributed by atoms with Crippen molar-refractivity contribution in [2.24, 2.45) is 0 Å². The molecule has 2 aromatic rings. The molecule has 0 amide bonds. The van der Waals surface area contributed by atoms with Crippen molar-refractivity contribution in [3.8, 4) is 12.3 Å². The van der Waals surface area contributed by atoms with Crippen LogP contribution in [0.25, 0.3) is 0 Å². The first-order valence-electron chi connectivity index (χ1n) is 7.46. The van der Waals surface area contributed by atoms with Gasteiger partial charge in [-0.25, -0.2) is 14.2 Å². The first-order valence-corrected chi connectivity index (χ1v) is 8.34. The third kappa shape index (κ3) is 4.90. The lowest BCUT2D eigenvalue weighted by atomic mass is 10.1. The van der Waals surface area contributed by atoms with Crippen molar-refractivity contribution in [2.45, 2.75) is 38.7 Å². The molecule has 1 aromatic heterocycles. The number of terminal acetylenes is 1. The molecule has 1 unspecified atom stereocenters. The number of rotatable bonds is 7. The standard InChI is InChI=1S/C18H18FNO2S/c1-3-5-9-14(4-2)22-18(21)16-12-23-17(20-16)11-13-8-6-7-10-15(13)19/h1,6-8,10,12,14H,4-5,9,11H2,2H3. The summed E-state index contributed by atoms with van der Waals surface area (Å²) in [6, 6.07) is 6.54. The first kappa shape index (κ1) is 17.2. The van der Waals surface area contributed by atoms with E-state index in [4.69, 9.17) is 11.2 Å². The summed E-state index contributed by atoms with van der Waals surface area (Å²) in [6.07, 6.45) is 7.31. The Morgan fingerprint density at radius 2 is 2.26 bits per heavy atom. The summed E-state index contributed by atoms with van der Waals surface area (Å²) >= 11 is 1.32. The molecule has 23 heavy (non-hydrogen) atoms. The van der Waals surface area contributed by atoms with Crippen molar-refractivity contribution in [3.63, 3.8) is 0 Å². The van der Waals surface area contributed by atoms with Gasteiger partial charge in [-0.2, -0.15) is 0 Å². The van der Waals surface area contributed by atoms with E-state index in [1.165, 1.54) is 17.4 Å². The van der Waals surface area contributed by atoms with Gasteiger partial charge in [-0.3, -0.25) is 0 Å². The molecule has 1 heterocycles. The Kier molecular flexibility index (Phi) is 6.30. The summed E-state index contributed by atoms with van der Waals surface area (Å²) in [4.78, 5) is 16.4. The zero-order valence-electron chi connectivity index (χ0n) is 12.9. The molecule has 1 atom stereocenters. The second kappa shape index (κ2) is 8.44. The smallest absolute Gasteiger partial charge is 0.358 e. The fourth-order valence-electron chi connectivity index (χ4n) is 2.09. The number of halogens is 1. The van der Waals surface area contributed by atoms with Crippen LogP contribution in [0.4, 0.5) is 4.39 Å². The van der Waals surface area contributed by atoms with Crippen LogP contribution >= 0.6 is 11.3 Å². The Bertz CT molecular complexity index is 705. The molecule has 120 valence electrons. The largest absolute Gasteiger partial charge is 0.458 e. The molecule has 0 aliphatic heterocycles. The number of hydrogen-bond donors (Lipinski definition) is 0. The average molecular weight is 331 g/mol. The first-order chi connectivity index (χ1) is 11.1. The summed E-state index contributed by atoms with van der Waals surface area (Å²) in [7, 11) is 0. The predicted molar refractivity (Wildman–Crippen MR) is 88.9 cm³/mol. The van der Waals surface area contributed by atoms with Gasteiger partial charge in [0.1, 0.15) is 11.9 Å². The number of carbonyl (C=O) groups is 1. The minimum absolute atomic E-state index is 0.199. The fourth-order valence-corrected chi connectivity index (χ4v) is 2.88. The van der Waals surface area contributed by atoms with Gasteiger partial charge < -0.3 is 4.74 Å². The SMILES string of the molecule is C#CCCC(CC)OC(=O)c1csc(Cc2ccccc2F)n1. The molecule has 0 radical (unpaired) electrons. The Balaban J connectivity index is 2.00. The van der Waals surface area contributed by atoms with Crippen molar-refractivity contribution >= 4 is 17.3 Å². The second-order valence-corrected chi connectivity index (χ2v) is 6.02. The molecule has 0 N–H and O–H groups in total. The lowest BCUT2D eigenvalue weighted by molar-refractivity contribution is 0.0270. The number of ether oxygens (including phenoxy) is 1. The number of thiazole rings is 1. The van der Waals surface area contributed by atoms with Gasteiger partial charge in [-0.05, 0) is 24.5 Å². The van der Waals surface area contributed by atoms with E-state index in [0.717, 1.165) is 0 Å². The summed E-state index contributed by atoms with van der Waals surface area (Å²) < 4.78 is 19.1. The normalized spacial score (nSPS) is 11.7. The highest BCUT2D eigenvalue weighted by Crippen LogP contribution is 2.18. The number of esters is 1. The topological polar surface area (TPSA) is 39.2 Å². The average Bonchev–Trinajstić information content (AvgIpc) is 3.02. The van der Waals surface area contributed by atoms with Gasteiger partial charge in [0.2, 0.25) is 0 Å². The van der Waals surface area contributed by atoms with Gasteiger partial charge in [0, 0.05) is 18.2 Å². The van der Waals surface area contributed by atoms with E-state index in [2.05, 4.69) is 10.9 Å². The van der Waals surface area contributed by atoms with Crippen LogP contribution < -0.4 is 0 Å². The van der Waals surface area contributed by atoms with Crippen LogP contribution in [0.1, 0.15) is 47.2 Å². The molecule has 2 rings (SSSR count). The molecule has 5 heteroatoms. The van der Waals surface area contributed by atoms with E-state index in [0.29, 0.717) is 36.3 Å². The Morgan fingerprint density at radius 1 is 1.48 bits per heavy atom. The molecule has 0 bridgehead atoms. The van der Waals surface area contributed by atoms with Gasteiger partial charge in [0.15, 0.2) is 5.69 Å². The Hall–Kier alpha value is -2.19. The molecule has 0 fully saturated rings. The number of carbonyl (C=O) groups excluding carboxylic acids is 1. The zero-order chi connectivity index (χ0) is 16.7. The summed E-state index contributed by atoms with van der Waals surface area (Å²) in [5.74, 6) is 1.82. The van der Waals surface area contributed by atoms with E-state index >= 15 is 0 Å². The van der Waals surface area contributed by atoms with Crippen LogP contribution in [0.2, 0.25) is 0 Å². The second-order valence-electron chi connectivity index (χ2n) is 5.07. The molecule has 0 saturated heterocycles. The van der Waals surface area contributed by atoms with E-state index in [9.17, 15) is 9.18 Å². The number of aromatic nitrogens is 1. The van der Waals surface area contributed by atoms with Crippen LogP contribution in [0.5, 0.6) is 0 Å². The minimum atomic E-state index is -0.454. The van der Waals surface area contributed by atoms with Crippen molar-refractivity contribution in [2.75, 3.05) is 0 Å². The molecule has 0 aliphatic carbocycles. The van der Waals surface area contributed by atoms with Gasteiger partial charge in [0.05, 0.1) is 5.01 Å². The molecule has 1 aromatic carbocycles. The van der Waals surface area contributed by atoms with Crippen molar-refractivity contribution < 1.29 is 13.9 Å². The number of nitrogens with zero attached hydrogens (tertiary/aromatic N) is 1. The van der Waals surface area contributed by atoms with Crippen molar-refractivity contribution in [3.05, 3.63) is 51.7 Å². The van der Waals surface area contributed by atoms with E-state index < -0.39 is 5.97 Å². The molecular formula is C18H18FNO2S. The molecule has 0 aliphatic rings. The number of benzene rings is 1. The monoisotopic (exact) mass is 331 g/mol. The third-order valence-electron chi connectivity index (χ3n) is 3.40. The quantitative estimate of drug-likeness (QED) is 0.563. The van der Waals surface area contributed by atoms with Crippen LogP contribution in [0.3, 0.4) is 0 Å². The van der Waals surface area contributed by atoms with E-state index in [1.54, 1.807) is 23.6 Å². The van der Waals surface area contributed by atoms with E-state index in [-0.39, 0.29) is 17.6 Å². The highest BCUT2D eigenvalue weighted by molar-refractivity contribution is 7.09. The van der Waals surface area contributed by atoms with Crippen LogP contribution in [0, 0.1) is 18.2 Å². The summed E-state index contributed by atoms with van der Waals surface area (Å²) in [5.41, 5.74) is 0.822. The van der Waals surface area contributed by atoms with E-state index in [1.807, 2.05) is 6.92 Å².